The van der Waals surface area contributed by atoms with E-state index in [0.717, 1.165) is 52.0 Å². The number of nitrogens with zero attached hydrogens (tertiary/aromatic N) is 2. The maximum Gasteiger partial charge on any atom is 0.248 e. The van der Waals surface area contributed by atoms with Gasteiger partial charge in [-0.25, -0.2) is 8.78 Å². The molecule has 3 aliphatic rings. The smallest absolute Gasteiger partial charge is 0.248 e. The van der Waals surface area contributed by atoms with Crippen molar-refractivity contribution in [2.75, 3.05) is 26.2 Å². The molecule has 0 unspecified atom stereocenters. The number of alkyl halides is 2. The molecule has 0 radical (unpaired) electrons. The molecule has 0 N–H and O–H groups in total. The fourth-order valence-electron chi connectivity index (χ4n) is 4.74. The van der Waals surface area contributed by atoms with Gasteiger partial charge in [-0.1, -0.05) is 24.3 Å². The lowest BCUT2D eigenvalue weighted by molar-refractivity contribution is -0.134. The van der Waals surface area contributed by atoms with Gasteiger partial charge in [-0.3, -0.25) is 4.79 Å². The summed E-state index contributed by atoms with van der Waals surface area (Å²) in [4.78, 5) is 17.0. The molecule has 1 amide bonds. The monoisotopic (exact) mass is 362 g/mol. The fourth-order valence-corrected chi connectivity index (χ4v) is 4.74. The maximum atomic E-state index is 13.0. The molecule has 2 aliphatic heterocycles. The Morgan fingerprint density at radius 2 is 1.73 bits per heavy atom. The van der Waals surface area contributed by atoms with Gasteiger partial charge < -0.3 is 9.80 Å². The van der Waals surface area contributed by atoms with Crippen LogP contribution >= 0.6 is 0 Å². The van der Waals surface area contributed by atoms with Crippen LogP contribution in [0.3, 0.4) is 0 Å². The number of rotatable bonds is 4. The van der Waals surface area contributed by atoms with Gasteiger partial charge in [0.05, 0.1) is 0 Å². The van der Waals surface area contributed by atoms with Gasteiger partial charge in [0.1, 0.15) is 0 Å². The minimum atomic E-state index is -2.41. The van der Waals surface area contributed by atoms with Gasteiger partial charge >= 0.3 is 0 Å². The molecule has 1 aliphatic carbocycles. The van der Waals surface area contributed by atoms with E-state index in [0.29, 0.717) is 12.3 Å². The van der Waals surface area contributed by atoms with E-state index < -0.39 is 5.92 Å². The zero-order chi connectivity index (χ0) is 18.1. The highest BCUT2D eigenvalue weighted by Gasteiger charge is 2.45. The quantitative estimate of drug-likeness (QED) is 0.815. The Labute approximate surface area is 154 Å². The van der Waals surface area contributed by atoms with Crippen LogP contribution in [0.4, 0.5) is 8.78 Å². The molecule has 1 aromatic carbocycles. The number of benzene rings is 1. The van der Waals surface area contributed by atoms with Crippen molar-refractivity contribution < 1.29 is 13.6 Å². The second-order valence-electron chi connectivity index (χ2n) is 8.41. The molecule has 5 heteroatoms. The lowest BCUT2D eigenvalue weighted by Gasteiger charge is -2.40. The van der Waals surface area contributed by atoms with Crippen LogP contribution in [0.2, 0.25) is 0 Å². The average Bonchev–Trinajstić information content (AvgIpc) is 2.61. The van der Waals surface area contributed by atoms with Crippen molar-refractivity contribution in [3.8, 4) is 0 Å². The minimum absolute atomic E-state index is 0.0574. The molecule has 0 spiro atoms. The van der Waals surface area contributed by atoms with Crippen molar-refractivity contribution in [3.63, 3.8) is 0 Å². The predicted molar refractivity (Wildman–Crippen MR) is 97.0 cm³/mol. The molecule has 2 heterocycles. The molecule has 0 atom stereocenters. The van der Waals surface area contributed by atoms with Crippen molar-refractivity contribution in [2.45, 2.75) is 51.0 Å². The fraction of sp³-hybridized carbons (Fsp3) is 0.667. The molecule has 3 nitrogen and oxygen atoms in total. The number of amides is 1. The van der Waals surface area contributed by atoms with E-state index in [-0.39, 0.29) is 24.7 Å². The normalized spacial score (nSPS) is 24.2. The van der Waals surface area contributed by atoms with Gasteiger partial charge in [0, 0.05) is 38.9 Å². The first kappa shape index (κ1) is 17.9. The van der Waals surface area contributed by atoms with Crippen molar-refractivity contribution in [1.82, 2.24) is 9.80 Å². The Hall–Kier alpha value is -1.49. The number of likely N-dealkylation sites (tertiary alicyclic amines) is 1. The van der Waals surface area contributed by atoms with Crippen LogP contribution in [0.5, 0.6) is 0 Å². The Kier molecular flexibility index (Phi) is 5.00. The number of fused-ring (bicyclic) bond motifs is 1. The Bertz CT molecular complexity index is 647. The lowest BCUT2D eigenvalue weighted by atomic mass is 9.80. The predicted octanol–water partition coefficient (Wildman–Crippen LogP) is 3.72. The Morgan fingerprint density at radius 3 is 2.42 bits per heavy atom. The topological polar surface area (TPSA) is 23.6 Å². The van der Waals surface area contributed by atoms with Crippen LogP contribution in [0.15, 0.2) is 24.3 Å². The molecule has 0 bridgehead atoms. The molecule has 142 valence electrons. The third-order valence-electron chi connectivity index (χ3n) is 6.34. The van der Waals surface area contributed by atoms with Crippen molar-refractivity contribution in [2.24, 2.45) is 11.8 Å². The first-order valence-corrected chi connectivity index (χ1v) is 9.93. The zero-order valence-electron chi connectivity index (χ0n) is 15.3. The van der Waals surface area contributed by atoms with Gasteiger partial charge in [-0.15, -0.1) is 0 Å². The Balaban J connectivity index is 1.20. The highest BCUT2D eigenvalue weighted by molar-refractivity contribution is 5.76. The van der Waals surface area contributed by atoms with Crippen LogP contribution in [-0.2, 0) is 17.8 Å². The van der Waals surface area contributed by atoms with Crippen LogP contribution in [0.25, 0.3) is 0 Å². The minimum Gasteiger partial charge on any atom is -0.338 e. The highest BCUT2D eigenvalue weighted by Crippen LogP contribution is 2.43. The molecule has 26 heavy (non-hydrogen) atoms. The standard InChI is InChI=1S/C21H28F2N2O/c22-21(23)12-17(13-21)14-24-8-5-16(6-9-24)11-20(26)25-10-7-18-3-1-2-4-19(18)15-25/h1-4,16-17H,5-15H2. The molecule has 2 fully saturated rings. The molecular weight excluding hydrogens is 334 g/mol. The number of carbonyl (C=O) groups is 1. The van der Waals surface area contributed by atoms with Gasteiger partial charge in [0.2, 0.25) is 11.8 Å². The van der Waals surface area contributed by atoms with E-state index in [1.54, 1.807) is 0 Å². The van der Waals surface area contributed by atoms with Crippen molar-refractivity contribution >= 4 is 5.91 Å². The SMILES string of the molecule is O=C(CC1CCN(CC2CC(F)(F)C2)CC1)N1CCc2ccccc2C1. The maximum absolute atomic E-state index is 13.0. The number of hydrogen-bond acceptors (Lipinski definition) is 2. The largest absolute Gasteiger partial charge is 0.338 e. The summed E-state index contributed by atoms with van der Waals surface area (Å²) >= 11 is 0. The molecule has 1 aromatic rings. The van der Waals surface area contributed by atoms with Crippen LogP contribution < -0.4 is 0 Å². The van der Waals surface area contributed by atoms with Gasteiger partial charge in [0.15, 0.2) is 0 Å². The van der Waals surface area contributed by atoms with E-state index in [1.807, 2.05) is 11.0 Å². The summed E-state index contributed by atoms with van der Waals surface area (Å²) in [7, 11) is 0. The number of piperidine rings is 1. The molecule has 1 saturated heterocycles. The van der Waals surface area contributed by atoms with E-state index in [4.69, 9.17) is 0 Å². The lowest BCUT2D eigenvalue weighted by Crippen LogP contribution is -2.45. The second kappa shape index (κ2) is 7.26. The van der Waals surface area contributed by atoms with E-state index in [1.165, 1.54) is 11.1 Å². The third kappa shape index (κ3) is 4.08. The summed E-state index contributed by atoms with van der Waals surface area (Å²) in [5.74, 6) is -1.53. The van der Waals surface area contributed by atoms with Gasteiger partial charge in [0.25, 0.3) is 0 Å². The summed E-state index contributed by atoms with van der Waals surface area (Å²) in [6.45, 7) is 4.26. The highest BCUT2D eigenvalue weighted by atomic mass is 19.3. The second-order valence-corrected chi connectivity index (χ2v) is 8.41. The van der Waals surface area contributed by atoms with Crippen molar-refractivity contribution in [1.29, 1.82) is 0 Å². The summed E-state index contributed by atoms with van der Waals surface area (Å²) in [5, 5.41) is 0. The molecule has 1 saturated carbocycles. The van der Waals surface area contributed by atoms with E-state index in [9.17, 15) is 13.6 Å². The van der Waals surface area contributed by atoms with E-state index in [2.05, 4.69) is 23.1 Å². The van der Waals surface area contributed by atoms with Gasteiger partial charge in [-0.05, 0) is 55.3 Å². The average molecular weight is 362 g/mol. The van der Waals surface area contributed by atoms with Crippen LogP contribution in [0.1, 0.15) is 43.2 Å². The molecule has 4 rings (SSSR count). The first-order valence-electron chi connectivity index (χ1n) is 9.93. The first-order chi connectivity index (χ1) is 12.5. The molecule has 0 aromatic heterocycles. The van der Waals surface area contributed by atoms with Crippen LogP contribution in [0, 0.1) is 11.8 Å². The number of carbonyl (C=O) groups excluding carboxylic acids is 1. The summed E-state index contributed by atoms with van der Waals surface area (Å²) in [6.07, 6.45) is 3.73. The summed E-state index contributed by atoms with van der Waals surface area (Å²) in [5.41, 5.74) is 2.64. The van der Waals surface area contributed by atoms with Gasteiger partial charge in [-0.2, -0.15) is 0 Å². The van der Waals surface area contributed by atoms with Crippen molar-refractivity contribution in [3.05, 3.63) is 35.4 Å². The molecular formula is C21H28F2N2O. The number of hydrogen-bond donors (Lipinski definition) is 0. The summed E-state index contributed by atoms with van der Waals surface area (Å²) < 4.78 is 25.9. The zero-order valence-corrected chi connectivity index (χ0v) is 15.3. The Morgan fingerprint density at radius 1 is 1.04 bits per heavy atom. The third-order valence-corrected chi connectivity index (χ3v) is 6.34. The number of halogens is 2. The van der Waals surface area contributed by atoms with Crippen LogP contribution in [-0.4, -0.2) is 47.8 Å². The summed E-state index contributed by atoms with van der Waals surface area (Å²) in [6, 6.07) is 8.39. The van der Waals surface area contributed by atoms with E-state index >= 15 is 0 Å².